The molecule has 0 fully saturated rings. The number of ether oxygens (including phenoxy) is 1. The van der Waals surface area contributed by atoms with Crippen LogP contribution in [0.3, 0.4) is 0 Å². The molecule has 2 rings (SSSR count). The molecule has 0 aliphatic carbocycles. The minimum atomic E-state index is -3.93. The van der Waals surface area contributed by atoms with E-state index in [1.54, 1.807) is 36.9 Å². The Balaban J connectivity index is 2.10. The highest BCUT2D eigenvalue weighted by Gasteiger charge is 2.19. The number of aromatic nitrogens is 1. The van der Waals surface area contributed by atoms with Crippen molar-refractivity contribution >= 4 is 10.0 Å². The first kappa shape index (κ1) is 17.5. The fourth-order valence-electron chi connectivity index (χ4n) is 2.12. The van der Waals surface area contributed by atoms with Crippen molar-refractivity contribution in [3.05, 3.63) is 48.0 Å². The van der Waals surface area contributed by atoms with E-state index in [9.17, 15) is 17.9 Å². The number of hydrogen-bond donors (Lipinski definition) is 2. The Morgan fingerprint density at radius 3 is 2.70 bits per heavy atom. The molecule has 126 valence electrons. The van der Waals surface area contributed by atoms with Crippen LogP contribution in [0.4, 0.5) is 4.39 Å². The lowest BCUT2D eigenvalue weighted by atomic mass is 10.2. The topological polar surface area (TPSA) is 80.6 Å². The van der Waals surface area contributed by atoms with Crippen LogP contribution in [0, 0.1) is 5.82 Å². The van der Waals surface area contributed by atoms with Crippen molar-refractivity contribution in [2.45, 2.75) is 17.9 Å². The second kappa shape index (κ2) is 7.12. The number of halogens is 1. The summed E-state index contributed by atoms with van der Waals surface area (Å²) in [6, 6.07) is 6.85. The molecule has 0 spiro atoms. The second-order valence-electron chi connectivity index (χ2n) is 4.94. The zero-order chi connectivity index (χ0) is 17.0. The van der Waals surface area contributed by atoms with Gasteiger partial charge in [-0.25, -0.2) is 17.5 Å². The molecule has 0 saturated carbocycles. The lowest BCUT2D eigenvalue weighted by Gasteiger charge is -2.14. The second-order valence-corrected chi connectivity index (χ2v) is 6.70. The largest absolute Gasteiger partial charge is 0.491 e. The average Bonchev–Trinajstić information content (AvgIpc) is 2.93. The summed E-state index contributed by atoms with van der Waals surface area (Å²) >= 11 is 0. The third-order valence-electron chi connectivity index (χ3n) is 3.31. The summed E-state index contributed by atoms with van der Waals surface area (Å²) < 4.78 is 47.1. The Bertz CT molecular complexity index is 774. The minimum absolute atomic E-state index is 0.00436. The minimum Gasteiger partial charge on any atom is -0.491 e. The summed E-state index contributed by atoms with van der Waals surface area (Å²) in [6.07, 6.45) is 0.742. The first-order valence-corrected chi connectivity index (χ1v) is 8.54. The number of aliphatic hydroxyl groups excluding tert-OH is 1. The zero-order valence-corrected chi connectivity index (χ0v) is 13.7. The normalized spacial score (nSPS) is 13.0. The smallest absolute Gasteiger partial charge is 0.240 e. The Labute approximate surface area is 134 Å². The summed E-state index contributed by atoms with van der Waals surface area (Å²) in [6.45, 7) is 1.77. The van der Waals surface area contributed by atoms with Gasteiger partial charge >= 0.3 is 0 Å². The number of aliphatic hydroxyl groups is 1. The number of nitrogens with one attached hydrogen (secondary N) is 1. The molecule has 0 aliphatic heterocycles. The van der Waals surface area contributed by atoms with Crippen molar-refractivity contribution in [3.63, 3.8) is 0 Å². The van der Waals surface area contributed by atoms with E-state index >= 15 is 0 Å². The molecule has 0 saturated heterocycles. The standard InChI is InChI=1S/C15H19FN2O4S/c1-3-22-15-7-6-11(9-12(15)16)23(20,21)17-10-14(19)13-5-4-8-18(13)2/h4-9,14,17,19H,3,10H2,1-2H3/t14-/m0/s1. The lowest BCUT2D eigenvalue weighted by Crippen LogP contribution is -2.29. The molecule has 0 unspecified atom stereocenters. The van der Waals surface area contributed by atoms with E-state index in [-0.39, 0.29) is 23.8 Å². The fourth-order valence-corrected chi connectivity index (χ4v) is 3.17. The first-order chi connectivity index (χ1) is 10.8. The van der Waals surface area contributed by atoms with Gasteiger partial charge in [0.25, 0.3) is 0 Å². The van der Waals surface area contributed by atoms with Crippen LogP contribution >= 0.6 is 0 Å². The van der Waals surface area contributed by atoms with Crippen molar-refractivity contribution in [3.8, 4) is 5.75 Å². The van der Waals surface area contributed by atoms with E-state index in [4.69, 9.17) is 4.74 Å². The van der Waals surface area contributed by atoms with Gasteiger partial charge in [0, 0.05) is 25.5 Å². The molecule has 2 N–H and O–H groups in total. The van der Waals surface area contributed by atoms with Crippen LogP contribution in [0.2, 0.25) is 0 Å². The average molecular weight is 342 g/mol. The molecular weight excluding hydrogens is 323 g/mol. The SMILES string of the molecule is CCOc1ccc(S(=O)(=O)NC[C@H](O)c2cccn2C)cc1F. The van der Waals surface area contributed by atoms with Gasteiger partial charge in [-0.2, -0.15) is 0 Å². The first-order valence-electron chi connectivity index (χ1n) is 7.06. The molecular formula is C15H19FN2O4S. The number of rotatable bonds is 7. The molecule has 2 aromatic rings. The van der Waals surface area contributed by atoms with Crippen LogP contribution in [-0.2, 0) is 17.1 Å². The van der Waals surface area contributed by atoms with Crippen molar-refractivity contribution in [1.29, 1.82) is 0 Å². The van der Waals surface area contributed by atoms with Crippen LogP contribution in [-0.4, -0.2) is 31.2 Å². The third-order valence-corrected chi connectivity index (χ3v) is 4.73. The molecule has 1 heterocycles. The van der Waals surface area contributed by atoms with Gasteiger partial charge in [-0.1, -0.05) is 0 Å². The molecule has 0 radical (unpaired) electrons. The van der Waals surface area contributed by atoms with Gasteiger partial charge in [0.1, 0.15) is 6.10 Å². The Kier molecular flexibility index (Phi) is 5.40. The predicted molar refractivity (Wildman–Crippen MR) is 83.1 cm³/mol. The van der Waals surface area contributed by atoms with Crippen molar-refractivity contribution in [2.75, 3.05) is 13.2 Å². The van der Waals surface area contributed by atoms with Gasteiger partial charge in [-0.3, -0.25) is 0 Å². The quantitative estimate of drug-likeness (QED) is 0.800. The number of hydrogen-bond acceptors (Lipinski definition) is 4. The van der Waals surface area contributed by atoms with E-state index in [0.29, 0.717) is 5.69 Å². The summed E-state index contributed by atoms with van der Waals surface area (Å²) in [5.74, 6) is -0.756. The van der Waals surface area contributed by atoms with Crippen LogP contribution < -0.4 is 9.46 Å². The molecule has 0 bridgehead atoms. The maximum atomic E-state index is 13.8. The van der Waals surface area contributed by atoms with Gasteiger partial charge in [-0.05, 0) is 37.3 Å². The Morgan fingerprint density at radius 1 is 1.39 bits per heavy atom. The Hall–Kier alpha value is -1.90. The van der Waals surface area contributed by atoms with Crippen molar-refractivity contribution < 1.29 is 22.7 Å². The van der Waals surface area contributed by atoms with Gasteiger partial charge in [0.05, 0.1) is 11.5 Å². The van der Waals surface area contributed by atoms with Crippen molar-refractivity contribution in [2.24, 2.45) is 7.05 Å². The molecule has 1 aromatic heterocycles. The molecule has 0 aliphatic rings. The monoisotopic (exact) mass is 342 g/mol. The zero-order valence-electron chi connectivity index (χ0n) is 12.9. The summed E-state index contributed by atoms with van der Waals surface area (Å²) in [7, 11) is -2.18. The third kappa shape index (κ3) is 4.10. The van der Waals surface area contributed by atoms with Gasteiger partial charge in [0.2, 0.25) is 10.0 Å². The fraction of sp³-hybridized carbons (Fsp3) is 0.333. The number of sulfonamides is 1. The summed E-state index contributed by atoms with van der Waals surface area (Å²) in [5, 5.41) is 10.0. The number of aryl methyl sites for hydroxylation is 1. The van der Waals surface area contributed by atoms with E-state index in [2.05, 4.69) is 4.72 Å². The van der Waals surface area contributed by atoms with Crippen molar-refractivity contribution in [1.82, 2.24) is 9.29 Å². The predicted octanol–water partition coefficient (Wildman–Crippen LogP) is 1.57. The van der Waals surface area contributed by atoms with Crippen LogP contribution in [0.25, 0.3) is 0 Å². The molecule has 23 heavy (non-hydrogen) atoms. The molecule has 6 nitrogen and oxygen atoms in total. The highest BCUT2D eigenvalue weighted by Crippen LogP contribution is 2.21. The van der Waals surface area contributed by atoms with Gasteiger partial charge in [0.15, 0.2) is 11.6 Å². The van der Waals surface area contributed by atoms with E-state index < -0.39 is 21.9 Å². The van der Waals surface area contributed by atoms with Crippen LogP contribution in [0.5, 0.6) is 5.75 Å². The number of benzene rings is 1. The number of nitrogens with zero attached hydrogens (tertiary/aromatic N) is 1. The maximum absolute atomic E-state index is 13.8. The molecule has 1 aromatic carbocycles. The van der Waals surface area contributed by atoms with Gasteiger partial charge < -0.3 is 14.4 Å². The highest BCUT2D eigenvalue weighted by atomic mass is 32.2. The van der Waals surface area contributed by atoms with Crippen LogP contribution in [0.15, 0.2) is 41.4 Å². The lowest BCUT2D eigenvalue weighted by molar-refractivity contribution is 0.173. The Morgan fingerprint density at radius 2 is 2.13 bits per heavy atom. The van der Waals surface area contributed by atoms with Crippen LogP contribution in [0.1, 0.15) is 18.7 Å². The maximum Gasteiger partial charge on any atom is 0.240 e. The highest BCUT2D eigenvalue weighted by molar-refractivity contribution is 7.89. The summed E-state index contributed by atoms with van der Waals surface area (Å²) in [4.78, 5) is -0.225. The van der Waals surface area contributed by atoms with E-state index in [1.807, 2.05) is 0 Å². The molecule has 1 atom stereocenters. The van der Waals surface area contributed by atoms with E-state index in [0.717, 1.165) is 6.07 Å². The summed E-state index contributed by atoms with van der Waals surface area (Å²) in [5.41, 5.74) is 0.575. The van der Waals surface area contributed by atoms with Gasteiger partial charge in [-0.15, -0.1) is 0 Å². The molecule has 0 amide bonds. The van der Waals surface area contributed by atoms with E-state index in [1.165, 1.54) is 12.1 Å². The molecule has 8 heteroatoms.